The van der Waals surface area contributed by atoms with Crippen molar-refractivity contribution >= 4 is 19.4 Å². The zero-order valence-electron chi connectivity index (χ0n) is 11.4. The first-order valence-electron chi connectivity index (χ1n) is 6.11. The van der Waals surface area contributed by atoms with Crippen molar-refractivity contribution in [2.24, 2.45) is 0 Å². The number of imidazole rings is 1. The van der Waals surface area contributed by atoms with E-state index in [0.29, 0.717) is 11.8 Å². The fourth-order valence-electron chi connectivity index (χ4n) is 1.47. The highest BCUT2D eigenvalue weighted by Gasteiger charge is 2.33. The number of rotatable bonds is 2. The van der Waals surface area contributed by atoms with E-state index in [-0.39, 0.29) is 11.4 Å². The minimum absolute atomic E-state index is 0.0639. The van der Waals surface area contributed by atoms with E-state index in [1.54, 1.807) is 0 Å². The van der Waals surface area contributed by atoms with Gasteiger partial charge in [0, 0.05) is 5.56 Å². The second kappa shape index (κ2) is 6.53. The van der Waals surface area contributed by atoms with Gasteiger partial charge in [-0.25, -0.2) is 4.98 Å². The number of H-pyrrole nitrogens is 1. The summed E-state index contributed by atoms with van der Waals surface area (Å²) in [6.07, 6.45) is -3.76. The quantitative estimate of drug-likeness (QED) is 0.656. The van der Waals surface area contributed by atoms with Crippen LogP contribution in [0.15, 0.2) is 30.5 Å². The predicted molar refractivity (Wildman–Crippen MR) is 75.9 cm³/mol. The van der Waals surface area contributed by atoms with Crippen molar-refractivity contribution in [3.63, 3.8) is 0 Å². The van der Waals surface area contributed by atoms with Gasteiger partial charge in [0.2, 0.25) is 0 Å². The van der Waals surface area contributed by atoms with Crippen LogP contribution in [-0.2, 0) is 11.1 Å². The minimum Gasteiger partial charge on any atom is -0.380 e. The number of aromatic nitrogens is 2. The lowest BCUT2D eigenvalue weighted by Gasteiger charge is -2.15. The van der Waals surface area contributed by atoms with Crippen molar-refractivity contribution in [2.75, 3.05) is 0 Å². The Labute approximate surface area is 126 Å². The standard InChI is InChI=1S/C11H7BClF3N2O.C2H6/c12-10(13,19)7-3-1-6(2-4-7)9-17-5-8(18-9)11(14,15)16;1-2/h1-5,19H,(H,17,18);1-2H3. The number of hydrogen-bond acceptors (Lipinski definition) is 2. The van der Waals surface area contributed by atoms with Gasteiger partial charge in [0.1, 0.15) is 24.3 Å². The van der Waals surface area contributed by atoms with Gasteiger partial charge < -0.3 is 10.1 Å². The van der Waals surface area contributed by atoms with Crippen LogP contribution in [0.1, 0.15) is 25.1 Å². The molecule has 0 saturated carbocycles. The monoisotopic (exact) mass is 316 g/mol. The number of hydrogen-bond donors (Lipinski definition) is 2. The highest BCUT2D eigenvalue weighted by atomic mass is 35.5. The van der Waals surface area contributed by atoms with Gasteiger partial charge in [0.25, 0.3) is 0 Å². The molecule has 2 N–H and O–H groups in total. The molecule has 1 heterocycles. The third-order valence-corrected chi connectivity index (χ3v) is 2.66. The van der Waals surface area contributed by atoms with Crippen LogP contribution in [0.5, 0.6) is 0 Å². The summed E-state index contributed by atoms with van der Waals surface area (Å²) < 4.78 is 37.2. The van der Waals surface area contributed by atoms with Crippen LogP contribution in [0.25, 0.3) is 11.4 Å². The molecule has 1 unspecified atom stereocenters. The van der Waals surface area contributed by atoms with Crippen LogP contribution in [0.4, 0.5) is 13.2 Å². The van der Waals surface area contributed by atoms with E-state index in [2.05, 4.69) is 9.97 Å². The van der Waals surface area contributed by atoms with Crippen LogP contribution in [0.2, 0.25) is 0 Å². The number of aromatic amines is 1. The van der Waals surface area contributed by atoms with Crippen LogP contribution in [0.3, 0.4) is 0 Å². The molecule has 0 bridgehead atoms. The first kappa shape index (κ1) is 17.6. The van der Waals surface area contributed by atoms with Gasteiger partial charge >= 0.3 is 6.18 Å². The summed E-state index contributed by atoms with van der Waals surface area (Å²) in [5.41, 5.74) is -0.292. The van der Waals surface area contributed by atoms with Crippen molar-refractivity contribution < 1.29 is 18.3 Å². The van der Waals surface area contributed by atoms with E-state index in [4.69, 9.17) is 19.4 Å². The maximum atomic E-state index is 12.4. The third-order valence-electron chi connectivity index (χ3n) is 2.44. The molecule has 1 aromatic heterocycles. The Morgan fingerprint density at radius 2 is 1.71 bits per heavy atom. The molecule has 0 fully saturated rings. The number of nitrogens with one attached hydrogen (secondary N) is 1. The minimum atomic E-state index is -4.47. The van der Waals surface area contributed by atoms with Crippen LogP contribution in [0, 0.1) is 0 Å². The summed E-state index contributed by atoms with van der Waals surface area (Å²) in [5, 5.41) is 9.33. The SMILES string of the molecule is CC.[B]C(O)(Cl)c1ccc(-c2ncc(C(F)(F)F)[nH]2)cc1. The summed E-state index contributed by atoms with van der Waals surface area (Å²) in [6, 6.07) is 5.71. The van der Waals surface area contributed by atoms with Gasteiger partial charge in [-0.05, 0) is 5.56 Å². The molecule has 8 heteroatoms. The molecule has 0 aliphatic heterocycles. The molecule has 0 aliphatic rings. The summed E-state index contributed by atoms with van der Waals surface area (Å²) in [7, 11) is 5.26. The molecule has 3 nitrogen and oxygen atoms in total. The molecule has 0 aliphatic carbocycles. The number of aliphatic hydroxyl groups is 1. The van der Waals surface area contributed by atoms with Crippen LogP contribution >= 0.6 is 11.6 Å². The highest BCUT2D eigenvalue weighted by molar-refractivity contribution is 6.42. The number of halogens is 4. The van der Waals surface area contributed by atoms with Gasteiger partial charge in [-0.2, -0.15) is 13.2 Å². The first-order valence-corrected chi connectivity index (χ1v) is 6.49. The summed E-state index contributed by atoms with van der Waals surface area (Å²) in [5.74, 6) is 0.0639. The van der Waals surface area contributed by atoms with Gasteiger partial charge in [-0.15, -0.1) is 0 Å². The fourth-order valence-corrected chi connectivity index (χ4v) is 1.60. The average Bonchev–Trinajstić information content (AvgIpc) is 2.90. The zero-order chi connectivity index (χ0) is 16.3. The molecule has 1 atom stereocenters. The molecule has 0 saturated heterocycles. The molecule has 0 spiro atoms. The largest absolute Gasteiger partial charge is 0.432 e. The molecule has 2 aromatic rings. The lowest BCUT2D eigenvalue weighted by molar-refractivity contribution is -0.140. The molecule has 2 rings (SSSR count). The Morgan fingerprint density at radius 1 is 1.19 bits per heavy atom. The molecule has 112 valence electrons. The molecule has 0 amide bonds. The summed E-state index contributed by atoms with van der Waals surface area (Å²) >= 11 is 5.48. The van der Waals surface area contributed by atoms with E-state index < -0.39 is 16.8 Å². The van der Waals surface area contributed by atoms with Gasteiger partial charge in [-0.3, -0.25) is 0 Å². The third kappa shape index (κ3) is 4.51. The molecule has 21 heavy (non-hydrogen) atoms. The average molecular weight is 317 g/mol. The number of benzene rings is 1. The van der Waals surface area contributed by atoms with Crippen molar-refractivity contribution in [3.8, 4) is 11.4 Å². The van der Waals surface area contributed by atoms with Gasteiger partial charge in [0.05, 0.1) is 6.20 Å². The van der Waals surface area contributed by atoms with Crippen molar-refractivity contribution in [3.05, 3.63) is 41.7 Å². The zero-order valence-corrected chi connectivity index (χ0v) is 12.1. The maximum absolute atomic E-state index is 12.4. The first-order chi connectivity index (χ1) is 9.68. The Morgan fingerprint density at radius 3 is 2.10 bits per heavy atom. The Hall–Kier alpha value is -1.47. The molecular weight excluding hydrogens is 303 g/mol. The maximum Gasteiger partial charge on any atom is 0.432 e. The molecular formula is C13H13BClF3N2O. The van der Waals surface area contributed by atoms with E-state index in [0.717, 1.165) is 0 Å². The normalized spacial score (nSPS) is 14.0. The van der Waals surface area contributed by atoms with E-state index in [1.807, 2.05) is 13.8 Å². The van der Waals surface area contributed by atoms with Crippen LogP contribution < -0.4 is 0 Å². The van der Waals surface area contributed by atoms with Gasteiger partial charge in [0.15, 0.2) is 0 Å². The smallest absolute Gasteiger partial charge is 0.380 e. The highest BCUT2D eigenvalue weighted by Crippen LogP contribution is 2.30. The van der Waals surface area contributed by atoms with Crippen molar-refractivity contribution in [2.45, 2.75) is 25.0 Å². The lowest BCUT2D eigenvalue weighted by atomic mass is 9.91. The predicted octanol–water partition coefficient (Wildman–Crippen LogP) is 3.63. The van der Waals surface area contributed by atoms with E-state index in [1.165, 1.54) is 24.3 Å². The van der Waals surface area contributed by atoms with Crippen molar-refractivity contribution in [1.29, 1.82) is 0 Å². The van der Waals surface area contributed by atoms with Gasteiger partial charge in [-0.1, -0.05) is 49.7 Å². The fraction of sp³-hybridized carbons (Fsp3) is 0.308. The van der Waals surface area contributed by atoms with Crippen molar-refractivity contribution in [1.82, 2.24) is 9.97 Å². The Bertz CT molecular complexity index is 576. The number of alkyl halides is 4. The summed E-state index contributed by atoms with van der Waals surface area (Å²) in [4.78, 5) is 3.79. The number of nitrogens with zero attached hydrogens (tertiary/aromatic N) is 1. The van der Waals surface area contributed by atoms with E-state index in [9.17, 15) is 18.3 Å². The van der Waals surface area contributed by atoms with E-state index >= 15 is 0 Å². The second-order valence-electron chi connectivity index (χ2n) is 3.89. The Kier molecular flexibility index (Phi) is 5.47. The molecule has 1 aromatic carbocycles. The second-order valence-corrected chi connectivity index (χ2v) is 4.47. The summed E-state index contributed by atoms with van der Waals surface area (Å²) in [6.45, 7) is 4.00. The lowest BCUT2D eigenvalue weighted by Crippen LogP contribution is -2.16. The topological polar surface area (TPSA) is 48.9 Å². The Balaban J connectivity index is 0.00000106. The molecule has 2 radical (unpaired) electrons. The van der Waals surface area contributed by atoms with Crippen LogP contribution in [-0.4, -0.2) is 22.9 Å².